The minimum Gasteiger partial charge on any atom is -0.299 e. The summed E-state index contributed by atoms with van der Waals surface area (Å²) in [6.45, 7) is 3.28. The predicted octanol–water partition coefficient (Wildman–Crippen LogP) is 3.02. The highest BCUT2D eigenvalue weighted by molar-refractivity contribution is 7.89. The second-order valence-electron chi connectivity index (χ2n) is 6.57. The number of hydrogen-bond acceptors (Lipinski definition) is 4. The Bertz CT molecular complexity index is 897. The third-order valence-electron chi connectivity index (χ3n) is 4.69. The van der Waals surface area contributed by atoms with Gasteiger partial charge < -0.3 is 0 Å². The largest absolute Gasteiger partial charge is 0.299 e. The van der Waals surface area contributed by atoms with E-state index >= 15 is 0 Å². The van der Waals surface area contributed by atoms with E-state index in [-0.39, 0.29) is 11.4 Å². The van der Waals surface area contributed by atoms with Crippen LogP contribution in [-0.4, -0.2) is 26.4 Å². The highest BCUT2D eigenvalue weighted by Gasteiger charge is 2.16. The molecule has 0 aromatic heterocycles. The molecule has 1 aliphatic heterocycles. The molecular weight excluding hydrogens is 346 g/mol. The second kappa shape index (κ2) is 8.45. The molecule has 0 atom stereocenters. The Hall–Kier alpha value is -2.20. The van der Waals surface area contributed by atoms with Gasteiger partial charge in [-0.2, -0.15) is 5.26 Å². The third-order valence-corrected chi connectivity index (χ3v) is 6.09. The van der Waals surface area contributed by atoms with Gasteiger partial charge in [-0.25, -0.2) is 13.1 Å². The van der Waals surface area contributed by atoms with Crippen LogP contribution in [0.3, 0.4) is 0 Å². The molecule has 0 aliphatic carbocycles. The maximum atomic E-state index is 12.5. The lowest BCUT2D eigenvalue weighted by atomic mass is 10.1. The maximum absolute atomic E-state index is 12.5. The van der Waals surface area contributed by atoms with Gasteiger partial charge in [0.1, 0.15) is 0 Å². The van der Waals surface area contributed by atoms with E-state index in [1.165, 1.54) is 31.4 Å². The van der Waals surface area contributed by atoms with Crippen LogP contribution in [0.4, 0.5) is 0 Å². The Morgan fingerprint density at radius 3 is 2.46 bits per heavy atom. The summed E-state index contributed by atoms with van der Waals surface area (Å²) >= 11 is 0. The quantitative estimate of drug-likeness (QED) is 0.849. The summed E-state index contributed by atoms with van der Waals surface area (Å²) in [5.41, 5.74) is 2.47. The molecule has 0 spiro atoms. The summed E-state index contributed by atoms with van der Waals surface area (Å²) in [4.78, 5) is 2.54. The van der Waals surface area contributed by atoms with Crippen molar-refractivity contribution in [3.05, 3.63) is 65.2 Å². The van der Waals surface area contributed by atoms with Gasteiger partial charge in [-0.3, -0.25) is 4.90 Å². The van der Waals surface area contributed by atoms with Gasteiger partial charge in [-0.15, -0.1) is 0 Å². The lowest BCUT2D eigenvalue weighted by molar-refractivity contribution is 0.220. The van der Waals surface area contributed by atoms with Gasteiger partial charge in [0.05, 0.1) is 16.5 Å². The van der Waals surface area contributed by atoms with Crippen molar-refractivity contribution in [1.82, 2.24) is 9.62 Å². The molecule has 0 saturated carbocycles. The van der Waals surface area contributed by atoms with Crippen LogP contribution >= 0.6 is 0 Å². The van der Waals surface area contributed by atoms with Crippen molar-refractivity contribution in [2.24, 2.45) is 0 Å². The van der Waals surface area contributed by atoms with Crippen LogP contribution in [0.15, 0.2) is 53.4 Å². The van der Waals surface area contributed by atoms with Gasteiger partial charge in [-0.1, -0.05) is 36.8 Å². The number of sulfonamides is 1. The van der Waals surface area contributed by atoms with Crippen LogP contribution < -0.4 is 4.72 Å². The fourth-order valence-electron chi connectivity index (χ4n) is 3.23. The molecule has 2 aromatic rings. The Labute approximate surface area is 155 Å². The molecule has 0 amide bonds. The Morgan fingerprint density at radius 1 is 1.00 bits per heavy atom. The summed E-state index contributed by atoms with van der Waals surface area (Å²) in [5, 5.41) is 8.96. The van der Waals surface area contributed by atoms with E-state index in [2.05, 4.69) is 15.7 Å². The zero-order chi connectivity index (χ0) is 18.4. The molecule has 6 heteroatoms. The highest BCUT2D eigenvalue weighted by Crippen LogP contribution is 2.17. The van der Waals surface area contributed by atoms with Crippen molar-refractivity contribution in [3.63, 3.8) is 0 Å². The number of benzene rings is 2. The van der Waals surface area contributed by atoms with Gasteiger partial charge in [0, 0.05) is 13.1 Å². The van der Waals surface area contributed by atoms with Gasteiger partial charge in [-0.05, 0) is 55.3 Å². The van der Waals surface area contributed by atoms with E-state index < -0.39 is 10.0 Å². The summed E-state index contributed by atoms with van der Waals surface area (Å²) < 4.78 is 27.8. The first kappa shape index (κ1) is 18.6. The van der Waals surface area contributed by atoms with E-state index in [1.807, 2.05) is 24.3 Å². The summed E-state index contributed by atoms with van der Waals surface area (Å²) in [7, 11) is -3.66. The summed E-state index contributed by atoms with van der Waals surface area (Å²) in [6, 6.07) is 16.0. The van der Waals surface area contributed by atoms with Gasteiger partial charge in [0.25, 0.3) is 0 Å². The number of nitriles is 1. The molecule has 1 aliphatic rings. The van der Waals surface area contributed by atoms with Crippen LogP contribution in [0.2, 0.25) is 0 Å². The number of nitrogens with one attached hydrogen (secondary N) is 1. The normalized spacial score (nSPS) is 15.5. The number of rotatable bonds is 6. The maximum Gasteiger partial charge on any atom is 0.240 e. The smallest absolute Gasteiger partial charge is 0.240 e. The Morgan fingerprint density at radius 2 is 1.73 bits per heavy atom. The van der Waals surface area contributed by atoms with Crippen molar-refractivity contribution >= 4 is 10.0 Å². The van der Waals surface area contributed by atoms with Crippen LogP contribution in [0.1, 0.15) is 36.0 Å². The van der Waals surface area contributed by atoms with Crippen molar-refractivity contribution in [2.75, 3.05) is 13.1 Å². The summed E-state index contributed by atoms with van der Waals surface area (Å²) in [6.07, 6.45) is 3.74. The molecule has 1 N–H and O–H groups in total. The molecule has 1 fully saturated rings. The van der Waals surface area contributed by atoms with Gasteiger partial charge in [0.2, 0.25) is 10.0 Å². The zero-order valence-electron chi connectivity index (χ0n) is 14.7. The fourth-order valence-corrected chi connectivity index (χ4v) is 4.28. The first-order valence-corrected chi connectivity index (χ1v) is 10.4. The molecule has 0 unspecified atom stereocenters. The molecule has 26 heavy (non-hydrogen) atoms. The molecule has 3 rings (SSSR count). The number of piperidine rings is 1. The minimum atomic E-state index is -3.66. The predicted molar refractivity (Wildman–Crippen MR) is 101 cm³/mol. The van der Waals surface area contributed by atoms with E-state index in [9.17, 15) is 8.42 Å². The van der Waals surface area contributed by atoms with E-state index in [4.69, 9.17) is 5.26 Å². The number of hydrogen-bond donors (Lipinski definition) is 1. The van der Waals surface area contributed by atoms with Crippen LogP contribution in [0, 0.1) is 11.3 Å². The van der Waals surface area contributed by atoms with Crippen LogP contribution in [0.25, 0.3) is 0 Å². The monoisotopic (exact) mass is 369 g/mol. The standard InChI is InChI=1S/C20H23N3O2S/c21-14-17-7-6-10-20(13-17)26(24,25)22-15-18-8-2-3-9-19(18)16-23-11-4-1-5-12-23/h2-3,6-10,13,22H,1,4-5,11-12,15-16H2. The topological polar surface area (TPSA) is 73.2 Å². The minimum absolute atomic E-state index is 0.116. The van der Waals surface area contributed by atoms with Crippen molar-refractivity contribution in [1.29, 1.82) is 5.26 Å². The third kappa shape index (κ3) is 4.70. The second-order valence-corrected chi connectivity index (χ2v) is 8.34. The number of nitrogens with zero attached hydrogens (tertiary/aromatic N) is 2. The Balaban J connectivity index is 1.71. The van der Waals surface area contributed by atoms with Crippen LogP contribution in [-0.2, 0) is 23.1 Å². The molecular formula is C20H23N3O2S. The van der Waals surface area contributed by atoms with E-state index in [0.29, 0.717) is 5.56 Å². The van der Waals surface area contributed by atoms with Crippen molar-refractivity contribution in [3.8, 4) is 6.07 Å². The fraction of sp³-hybridized carbons (Fsp3) is 0.350. The van der Waals surface area contributed by atoms with Crippen LogP contribution in [0.5, 0.6) is 0 Å². The van der Waals surface area contributed by atoms with Crippen molar-refractivity contribution < 1.29 is 8.42 Å². The average molecular weight is 369 g/mol. The average Bonchev–Trinajstić information content (AvgIpc) is 2.68. The molecule has 0 bridgehead atoms. The highest BCUT2D eigenvalue weighted by atomic mass is 32.2. The molecule has 5 nitrogen and oxygen atoms in total. The van der Waals surface area contributed by atoms with E-state index in [1.54, 1.807) is 12.1 Å². The molecule has 1 saturated heterocycles. The van der Waals surface area contributed by atoms with Gasteiger partial charge in [0.15, 0.2) is 0 Å². The molecule has 136 valence electrons. The van der Waals surface area contributed by atoms with E-state index in [0.717, 1.165) is 30.8 Å². The zero-order valence-corrected chi connectivity index (χ0v) is 15.5. The lowest BCUT2D eigenvalue weighted by Gasteiger charge is -2.27. The molecule has 1 heterocycles. The first-order chi connectivity index (χ1) is 12.6. The molecule has 2 aromatic carbocycles. The van der Waals surface area contributed by atoms with Gasteiger partial charge >= 0.3 is 0 Å². The Kier molecular flexibility index (Phi) is 6.04. The SMILES string of the molecule is N#Cc1cccc(S(=O)(=O)NCc2ccccc2CN2CCCCC2)c1. The summed E-state index contributed by atoms with van der Waals surface area (Å²) in [5.74, 6) is 0. The molecule has 0 radical (unpaired) electrons. The number of likely N-dealkylation sites (tertiary alicyclic amines) is 1. The van der Waals surface area contributed by atoms with Crippen molar-refractivity contribution in [2.45, 2.75) is 37.2 Å². The lowest BCUT2D eigenvalue weighted by Crippen LogP contribution is -2.30. The first-order valence-electron chi connectivity index (χ1n) is 8.87.